The summed E-state index contributed by atoms with van der Waals surface area (Å²) in [5, 5.41) is 0. The Labute approximate surface area is 109 Å². The molecular weight excluding hydrogens is 336 g/mol. The second kappa shape index (κ2) is 4.84. The highest BCUT2D eigenvalue weighted by atomic mass is 79.9. The van der Waals surface area contributed by atoms with E-state index in [9.17, 15) is 4.79 Å². The molecule has 0 atom stereocenters. The van der Waals surface area contributed by atoms with Crippen LogP contribution in [0.4, 0.5) is 0 Å². The van der Waals surface area contributed by atoms with Gasteiger partial charge in [0.05, 0.1) is 0 Å². The van der Waals surface area contributed by atoms with Gasteiger partial charge >= 0.3 is 0 Å². The first kappa shape index (κ1) is 11.4. The molecule has 3 nitrogen and oxygen atoms in total. The number of hydrogen-bond donors (Lipinski definition) is 0. The molecule has 0 spiro atoms. The second-order valence-corrected chi connectivity index (χ2v) is 4.69. The van der Waals surface area contributed by atoms with E-state index in [1.54, 1.807) is 36.7 Å². The molecule has 0 bridgehead atoms. The van der Waals surface area contributed by atoms with Crippen molar-refractivity contribution in [1.82, 2.24) is 9.97 Å². The predicted octanol–water partition coefficient (Wildman–Crippen LogP) is 3.23. The minimum atomic E-state index is -0.0498. The Morgan fingerprint density at radius 3 is 1.75 bits per heavy atom. The molecule has 0 N–H and O–H groups in total. The third kappa shape index (κ3) is 2.54. The number of rotatable bonds is 2. The van der Waals surface area contributed by atoms with Gasteiger partial charge in [0.2, 0.25) is 0 Å². The lowest BCUT2D eigenvalue weighted by atomic mass is 10.1. The first-order chi connectivity index (χ1) is 7.66. The molecule has 2 rings (SSSR count). The first-order valence-corrected chi connectivity index (χ1v) is 6.03. The van der Waals surface area contributed by atoms with Crippen LogP contribution in [0.25, 0.3) is 0 Å². The van der Waals surface area contributed by atoms with Crippen molar-refractivity contribution in [3.63, 3.8) is 0 Å². The number of carbonyl (C=O) groups excluding carboxylic acids is 1. The van der Waals surface area contributed by atoms with Gasteiger partial charge in [0, 0.05) is 23.5 Å². The normalized spacial score (nSPS) is 10.1. The number of nitrogens with zero attached hydrogens (tertiary/aromatic N) is 2. The SMILES string of the molecule is O=C(c1ccnc(Br)c1)c1ccnc(Br)c1. The molecule has 0 radical (unpaired) electrons. The summed E-state index contributed by atoms with van der Waals surface area (Å²) in [5.74, 6) is -0.0498. The monoisotopic (exact) mass is 340 g/mol. The Bertz CT molecular complexity index is 496. The summed E-state index contributed by atoms with van der Waals surface area (Å²) < 4.78 is 1.29. The lowest BCUT2D eigenvalue weighted by molar-refractivity contribution is 0.103. The molecule has 0 fully saturated rings. The summed E-state index contributed by atoms with van der Waals surface area (Å²) in [5.41, 5.74) is 1.19. The van der Waals surface area contributed by atoms with Gasteiger partial charge in [-0.25, -0.2) is 9.97 Å². The number of hydrogen-bond acceptors (Lipinski definition) is 3. The average molecular weight is 342 g/mol. The van der Waals surface area contributed by atoms with Gasteiger partial charge in [0.15, 0.2) is 5.78 Å². The Morgan fingerprint density at radius 1 is 0.938 bits per heavy atom. The topological polar surface area (TPSA) is 42.9 Å². The number of pyridine rings is 2. The van der Waals surface area contributed by atoms with Gasteiger partial charge in [0.1, 0.15) is 9.21 Å². The van der Waals surface area contributed by atoms with Crippen LogP contribution in [0.1, 0.15) is 15.9 Å². The summed E-state index contributed by atoms with van der Waals surface area (Å²) >= 11 is 6.47. The molecule has 2 aromatic heterocycles. The van der Waals surface area contributed by atoms with Gasteiger partial charge in [0.25, 0.3) is 0 Å². The van der Waals surface area contributed by atoms with Crippen LogP contribution in [-0.2, 0) is 0 Å². The van der Waals surface area contributed by atoms with E-state index in [0.29, 0.717) is 20.3 Å². The van der Waals surface area contributed by atoms with Crippen molar-refractivity contribution in [3.8, 4) is 0 Å². The molecule has 0 unspecified atom stereocenters. The predicted molar refractivity (Wildman–Crippen MR) is 67.3 cm³/mol. The smallest absolute Gasteiger partial charge is 0.193 e. The van der Waals surface area contributed by atoms with Gasteiger partial charge in [-0.2, -0.15) is 0 Å². The van der Waals surface area contributed by atoms with E-state index in [2.05, 4.69) is 41.8 Å². The molecule has 0 aliphatic carbocycles. The van der Waals surface area contributed by atoms with Gasteiger partial charge in [-0.15, -0.1) is 0 Å². The van der Waals surface area contributed by atoms with Crippen LogP contribution in [0, 0.1) is 0 Å². The maximum absolute atomic E-state index is 12.1. The van der Waals surface area contributed by atoms with Gasteiger partial charge in [-0.05, 0) is 56.1 Å². The molecule has 16 heavy (non-hydrogen) atoms. The molecule has 0 saturated heterocycles. The largest absolute Gasteiger partial charge is 0.289 e. The zero-order valence-electron chi connectivity index (χ0n) is 8.02. The summed E-state index contributed by atoms with van der Waals surface area (Å²) in [6.07, 6.45) is 3.18. The van der Waals surface area contributed by atoms with Crippen molar-refractivity contribution in [2.24, 2.45) is 0 Å². The van der Waals surface area contributed by atoms with E-state index in [1.807, 2.05) is 0 Å². The van der Waals surface area contributed by atoms with E-state index < -0.39 is 0 Å². The molecule has 0 aliphatic rings. The fraction of sp³-hybridized carbons (Fsp3) is 0. The molecule has 2 aromatic rings. The van der Waals surface area contributed by atoms with Crippen LogP contribution in [0.15, 0.2) is 45.9 Å². The highest BCUT2D eigenvalue weighted by Crippen LogP contribution is 2.15. The van der Waals surface area contributed by atoms with Crippen molar-refractivity contribution >= 4 is 37.6 Å². The van der Waals surface area contributed by atoms with Crippen molar-refractivity contribution in [3.05, 3.63) is 57.0 Å². The van der Waals surface area contributed by atoms with Crippen molar-refractivity contribution in [1.29, 1.82) is 0 Å². The lowest BCUT2D eigenvalue weighted by Crippen LogP contribution is -2.01. The molecule has 0 aromatic carbocycles. The van der Waals surface area contributed by atoms with Crippen LogP contribution in [0.2, 0.25) is 0 Å². The molecule has 2 heterocycles. The van der Waals surface area contributed by atoms with Gasteiger partial charge in [-0.1, -0.05) is 0 Å². The highest BCUT2D eigenvalue weighted by Gasteiger charge is 2.09. The standard InChI is InChI=1S/C11H6Br2N2O/c12-9-5-7(1-3-14-9)11(16)8-2-4-15-10(13)6-8/h1-6H. The highest BCUT2D eigenvalue weighted by molar-refractivity contribution is 9.10. The summed E-state index contributed by atoms with van der Waals surface area (Å²) in [4.78, 5) is 20.0. The minimum Gasteiger partial charge on any atom is -0.289 e. The van der Waals surface area contributed by atoms with E-state index in [4.69, 9.17) is 0 Å². The number of halogens is 2. The lowest BCUT2D eigenvalue weighted by Gasteiger charge is -2.01. The first-order valence-electron chi connectivity index (χ1n) is 4.44. The van der Waals surface area contributed by atoms with Crippen molar-refractivity contribution < 1.29 is 4.79 Å². The van der Waals surface area contributed by atoms with E-state index in [0.717, 1.165) is 0 Å². The van der Waals surface area contributed by atoms with Gasteiger partial charge < -0.3 is 0 Å². The zero-order chi connectivity index (χ0) is 11.5. The Balaban J connectivity index is 2.39. The van der Waals surface area contributed by atoms with E-state index in [-0.39, 0.29) is 5.78 Å². The number of ketones is 1. The summed E-state index contributed by atoms with van der Waals surface area (Å²) in [6.45, 7) is 0. The number of aromatic nitrogens is 2. The molecule has 0 amide bonds. The van der Waals surface area contributed by atoms with Crippen LogP contribution < -0.4 is 0 Å². The van der Waals surface area contributed by atoms with Crippen LogP contribution in [-0.4, -0.2) is 15.8 Å². The quantitative estimate of drug-likeness (QED) is 0.622. The Morgan fingerprint density at radius 2 is 1.38 bits per heavy atom. The summed E-state index contributed by atoms with van der Waals surface area (Å²) in [7, 11) is 0. The Hall–Kier alpha value is -1.07. The van der Waals surface area contributed by atoms with Crippen LogP contribution in [0.3, 0.4) is 0 Å². The fourth-order valence-electron chi connectivity index (χ4n) is 1.25. The Kier molecular flexibility index (Phi) is 3.46. The maximum Gasteiger partial charge on any atom is 0.193 e. The molecule has 80 valence electrons. The van der Waals surface area contributed by atoms with Crippen molar-refractivity contribution in [2.75, 3.05) is 0 Å². The third-order valence-corrected chi connectivity index (χ3v) is 2.84. The molecule has 0 aliphatic heterocycles. The van der Waals surface area contributed by atoms with E-state index >= 15 is 0 Å². The number of carbonyl (C=O) groups is 1. The third-order valence-electron chi connectivity index (χ3n) is 1.98. The van der Waals surface area contributed by atoms with Crippen LogP contribution in [0.5, 0.6) is 0 Å². The molecule has 0 saturated carbocycles. The second-order valence-electron chi connectivity index (χ2n) is 3.06. The van der Waals surface area contributed by atoms with E-state index in [1.165, 1.54) is 0 Å². The van der Waals surface area contributed by atoms with Crippen LogP contribution >= 0.6 is 31.9 Å². The fourth-order valence-corrected chi connectivity index (χ4v) is 1.98. The molecule has 5 heteroatoms. The van der Waals surface area contributed by atoms with Gasteiger partial charge in [-0.3, -0.25) is 4.79 Å². The average Bonchev–Trinajstić information content (AvgIpc) is 2.28. The summed E-state index contributed by atoms with van der Waals surface area (Å²) in [6, 6.07) is 6.75. The molecular formula is C11H6Br2N2O. The minimum absolute atomic E-state index is 0.0498. The zero-order valence-corrected chi connectivity index (χ0v) is 11.2. The maximum atomic E-state index is 12.1. The van der Waals surface area contributed by atoms with Crippen molar-refractivity contribution in [2.45, 2.75) is 0 Å².